The molecule has 0 aromatic heterocycles. The summed E-state index contributed by atoms with van der Waals surface area (Å²) in [6, 6.07) is 9.54. The predicted octanol–water partition coefficient (Wildman–Crippen LogP) is 4.77. The molecule has 2 rings (SSSR count). The fraction of sp³-hybridized carbons (Fsp3) is 0.684. The molecule has 0 radical (unpaired) electrons. The van der Waals surface area contributed by atoms with Crippen molar-refractivity contribution >= 4 is 5.69 Å². The number of anilines is 1. The van der Waals surface area contributed by atoms with Crippen molar-refractivity contribution in [3.05, 3.63) is 29.8 Å². The van der Waals surface area contributed by atoms with Gasteiger partial charge in [-0.2, -0.15) is 0 Å². The summed E-state index contributed by atoms with van der Waals surface area (Å²) in [4.78, 5) is 2.22. The number of nitrogens with one attached hydrogen (secondary N) is 1. The summed E-state index contributed by atoms with van der Waals surface area (Å²) in [6.07, 6.45) is 5.42. The van der Waals surface area contributed by atoms with Crippen LogP contribution in [0.25, 0.3) is 0 Å². The van der Waals surface area contributed by atoms with Crippen LogP contribution in [0.2, 0.25) is 0 Å². The topological polar surface area (TPSA) is 15.3 Å². The van der Waals surface area contributed by atoms with Crippen LogP contribution in [-0.4, -0.2) is 25.0 Å². The Bertz CT molecular complexity index is 445. The molecule has 2 unspecified atom stereocenters. The fourth-order valence-corrected chi connectivity index (χ4v) is 3.68. The van der Waals surface area contributed by atoms with Gasteiger partial charge in [0.2, 0.25) is 0 Å². The summed E-state index contributed by atoms with van der Waals surface area (Å²) in [5.41, 5.74) is 3.06. The van der Waals surface area contributed by atoms with Crippen molar-refractivity contribution in [1.82, 2.24) is 4.90 Å². The van der Waals surface area contributed by atoms with Gasteiger partial charge in [-0.25, -0.2) is 0 Å². The monoisotopic (exact) mass is 288 g/mol. The lowest BCUT2D eigenvalue weighted by atomic mass is 9.69. The number of nitrogens with zero attached hydrogens (tertiary/aromatic N) is 1. The molecule has 1 aliphatic rings. The van der Waals surface area contributed by atoms with E-state index in [-0.39, 0.29) is 0 Å². The average Bonchev–Trinajstić information content (AvgIpc) is 2.37. The first-order valence-corrected chi connectivity index (χ1v) is 8.36. The SMILES string of the molecule is CN(C)Cc1cccc(NC2CCCCC2C(C)(C)C)c1. The maximum absolute atomic E-state index is 3.83. The van der Waals surface area contributed by atoms with E-state index in [2.05, 4.69) is 69.3 Å². The molecule has 2 nitrogen and oxygen atoms in total. The Labute approximate surface area is 130 Å². The summed E-state index contributed by atoms with van der Waals surface area (Å²) in [5, 5.41) is 3.83. The van der Waals surface area contributed by atoms with Gasteiger partial charge in [0.1, 0.15) is 0 Å². The highest BCUT2D eigenvalue weighted by Gasteiger charge is 2.33. The van der Waals surface area contributed by atoms with E-state index in [1.54, 1.807) is 0 Å². The second kappa shape index (κ2) is 6.83. The van der Waals surface area contributed by atoms with E-state index in [0.29, 0.717) is 11.5 Å². The molecule has 1 fully saturated rings. The van der Waals surface area contributed by atoms with Crippen LogP contribution >= 0.6 is 0 Å². The molecule has 2 atom stereocenters. The minimum Gasteiger partial charge on any atom is -0.382 e. The molecular weight excluding hydrogens is 256 g/mol. The molecule has 0 amide bonds. The van der Waals surface area contributed by atoms with Crippen molar-refractivity contribution in [2.75, 3.05) is 19.4 Å². The van der Waals surface area contributed by atoms with Gasteiger partial charge in [-0.15, -0.1) is 0 Å². The third-order valence-electron chi connectivity index (χ3n) is 4.66. The molecule has 118 valence electrons. The molecule has 1 aliphatic carbocycles. The van der Waals surface area contributed by atoms with E-state index < -0.39 is 0 Å². The number of hydrogen-bond donors (Lipinski definition) is 1. The van der Waals surface area contributed by atoms with Crippen LogP contribution in [0.5, 0.6) is 0 Å². The lowest BCUT2D eigenvalue weighted by Gasteiger charge is -2.41. The molecule has 0 heterocycles. The average molecular weight is 288 g/mol. The second-order valence-corrected chi connectivity index (χ2v) is 7.95. The van der Waals surface area contributed by atoms with Crippen LogP contribution in [0.15, 0.2) is 24.3 Å². The quantitative estimate of drug-likeness (QED) is 0.859. The molecule has 21 heavy (non-hydrogen) atoms. The zero-order chi connectivity index (χ0) is 15.5. The lowest BCUT2D eigenvalue weighted by Crippen LogP contribution is -2.39. The van der Waals surface area contributed by atoms with Crippen LogP contribution < -0.4 is 5.32 Å². The number of hydrogen-bond acceptors (Lipinski definition) is 2. The Balaban J connectivity index is 2.08. The highest BCUT2D eigenvalue weighted by molar-refractivity contribution is 5.46. The lowest BCUT2D eigenvalue weighted by molar-refractivity contribution is 0.163. The van der Waals surface area contributed by atoms with E-state index >= 15 is 0 Å². The van der Waals surface area contributed by atoms with Gasteiger partial charge >= 0.3 is 0 Å². The van der Waals surface area contributed by atoms with E-state index in [9.17, 15) is 0 Å². The molecule has 1 aromatic carbocycles. The van der Waals surface area contributed by atoms with E-state index in [0.717, 1.165) is 12.5 Å². The highest BCUT2D eigenvalue weighted by Crippen LogP contribution is 2.39. The van der Waals surface area contributed by atoms with Gasteiger partial charge in [0.05, 0.1) is 0 Å². The minimum atomic E-state index is 0.388. The van der Waals surface area contributed by atoms with Gasteiger partial charge in [0.15, 0.2) is 0 Å². The van der Waals surface area contributed by atoms with Crippen LogP contribution in [0.1, 0.15) is 52.0 Å². The van der Waals surface area contributed by atoms with Gasteiger partial charge < -0.3 is 10.2 Å². The van der Waals surface area contributed by atoms with Crippen molar-refractivity contribution in [3.63, 3.8) is 0 Å². The van der Waals surface area contributed by atoms with Gasteiger partial charge in [-0.1, -0.05) is 45.7 Å². The van der Waals surface area contributed by atoms with E-state index in [1.807, 2.05) is 0 Å². The summed E-state index contributed by atoms with van der Waals surface area (Å²) < 4.78 is 0. The van der Waals surface area contributed by atoms with Gasteiger partial charge in [0, 0.05) is 18.3 Å². The second-order valence-electron chi connectivity index (χ2n) is 7.95. The van der Waals surface area contributed by atoms with E-state index in [4.69, 9.17) is 0 Å². The first-order valence-electron chi connectivity index (χ1n) is 8.36. The van der Waals surface area contributed by atoms with Crippen LogP contribution in [-0.2, 0) is 6.54 Å². The predicted molar refractivity (Wildman–Crippen MR) is 92.7 cm³/mol. The number of rotatable bonds is 4. The summed E-state index contributed by atoms with van der Waals surface area (Å²) in [6.45, 7) is 8.17. The molecule has 1 saturated carbocycles. The fourth-order valence-electron chi connectivity index (χ4n) is 3.68. The Hall–Kier alpha value is -1.02. The minimum absolute atomic E-state index is 0.388. The van der Waals surface area contributed by atoms with Gasteiger partial charge in [-0.05, 0) is 56.0 Å². The summed E-state index contributed by atoms with van der Waals surface area (Å²) in [5.74, 6) is 0.767. The Morgan fingerprint density at radius 1 is 1.14 bits per heavy atom. The smallest absolute Gasteiger partial charge is 0.0345 e. The zero-order valence-corrected chi connectivity index (χ0v) is 14.4. The van der Waals surface area contributed by atoms with Crippen molar-refractivity contribution in [1.29, 1.82) is 0 Å². The largest absolute Gasteiger partial charge is 0.382 e. The van der Waals surface area contributed by atoms with Gasteiger partial charge in [0.25, 0.3) is 0 Å². The molecule has 0 bridgehead atoms. The normalized spacial score (nSPS) is 23.3. The standard InChI is InChI=1S/C19H32N2/c1-19(2,3)17-11-6-7-12-18(17)20-16-10-8-9-15(13-16)14-21(4)5/h8-10,13,17-18,20H,6-7,11-12,14H2,1-5H3. The Morgan fingerprint density at radius 3 is 2.52 bits per heavy atom. The van der Waals surface area contributed by atoms with Crippen LogP contribution in [0.3, 0.4) is 0 Å². The first kappa shape index (κ1) is 16.4. The van der Waals surface area contributed by atoms with Crippen molar-refractivity contribution in [2.45, 2.75) is 59.0 Å². The van der Waals surface area contributed by atoms with Crippen molar-refractivity contribution in [2.24, 2.45) is 11.3 Å². The molecular formula is C19H32N2. The third kappa shape index (κ3) is 4.74. The Morgan fingerprint density at radius 2 is 1.86 bits per heavy atom. The summed E-state index contributed by atoms with van der Waals surface area (Å²) in [7, 11) is 4.24. The number of benzene rings is 1. The molecule has 1 aromatic rings. The maximum Gasteiger partial charge on any atom is 0.0345 e. The van der Waals surface area contributed by atoms with Crippen LogP contribution in [0.4, 0.5) is 5.69 Å². The summed E-state index contributed by atoms with van der Waals surface area (Å²) >= 11 is 0. The third-order valence-corrected chi connectivity index (χ3v) is 4.66. The zero-order valence-electron chi connectivity index (χ0n) is 14.4. The Kier molecular flexibility index (Phi) is 5.32. The molecule has 2 heteroatoms. The highest BCUT2D eigenvalue weighted by atomic mass is 15.0. The first-order chi connectivity index (χ1) is 9.86. The molecule has 1 N–H and O–H groups in total. The molecule has 0 aliphatic heterocycles. The van der Waals surface area contributed by atoms with Gasteiger partial charge in [-0.3, -0.25) is 0 Å². The molecule has 0 spiro atoms. The van der Waals surface area contributed by atoms with E-state index in [1.165, 1.54) is 36.9 Å². The van der Waals surface area contributed by atoms with Crippen molar-refractivity contribution < 1.29 is 0 Å². The van der Waals surface area contributed by atoms with Crippen molar-refractivity contribution in [3.8, 4) is 0 Å². The molecule has 0 saturated heterocycles. The maximum atomic E-state index is 3.83. The van der Waals surface area contributed by atoms with Crippen LogP contribution in [0, 0.1) is 11.3 Å².